The smallest absolute Gasteiger partial charge is 0.268 e. The first kappa shape index (κ1) is 14.9. The maximum absolute atomic E-state index is 11.8. The number of nitrogens with one attached hydrogen (secondary N) is 1. The molecular formula is C16H12N4O2. The van der Waals surface area contributed by atoms with E-state index >= 15 is 0 Å². The Morgan fingerprint density at radius 1 is 1.23 bits per heavy atom. The highest BCUT2D eigenvalue weighted by molar-refractivity contribution is 5.80. The number of ether oxygens (including phenoxy) is 1. The number of nitrogens with zero attached hydrogens (tertiary/aromatic N) is 2. The van der Waals surface area contributed by atoms with E-state index in [1.807, 2.05) is 12.1 Å². The molecule has 0 saturated heterocycles. The fourth-order valence-corrected chi connectivity index (χ4v) is 2.00. The van der Waals surface area contributed by atoms with Crippen LogP contribution in [-0.4, -0.2) is 11.6 Å². The summed E-state index contributed by atoms with van der Waals surface area (Å²) < 4.78 is 5.37. The van der Waals surface area contributed by atoms with Crippen LogP contribution < -0.4 is 16.0 Å². The van der Waals surface area contributed by atoms with Crippen LogP contribution in [0.15, 0.2) is 41.7 Å². The van der Waals surface area contributed by atoms with Crippen LogP contribution in [0.2, 0.25) is 0 Å². The average Bonchev–Trinajstić information content (AvgIpc) is 2.53. The first-order valence-electron chi connectivity index (χ1n) is 6.32. The molecule has 1 aromatic heterocycles. The molecule has 0 fully saturated rings. The van der Waals surface area contributed by atoms with Gasteiger partial charge in [0, 0.05) is 5.56 Å². The molecule has 2 aromatic rings. The normalized spacial score (nSPS) is 9.55. The van der Waals surface area contributed by atoms with Gasteiger partial charge in [-0.2, -0.15) is 10.5 Å². The first-order chi connectivity index (χ1) is 10.6. The zero-order valence-corrected chi connectivity index (χ0v) is 11.6. The second-order valence-corrected chi connectivity index (χ2v) is 4.34. The van der Waals surface area contributed by atoms with Gasteiger partial charge in [0.05, 0.1) is 0 Å². The second kappa shape index (κ2) is 6.29. The Bertz CT molecular complexity index is 852. The number of anilines is 1. The van der Waals surface area contributed by atoms with Crippen molar-refractivity contribution in [1.82, 2.24) is 4.98 Å². The van der Waals surface area contributed by atoms with Crippen LogP contribution >= 0.6 is 0 Å². The topological polar surface area (TPSA) is 116 Å². The van der Waals surface area contributed by atoms with Crippen molar-refractivity contribution in [2.75, 3.05) is 12.3 Å². The van der Waals surface area contributed by atoms with Gasteiger partial charge in [-0.05, 0) is 17.7 Å². The summed E-state index contributed by atoms with van der Waals surface area (Å²) in [6, 6.07) is 10.4. The van der Waals surface area contributed by atoms with Crippen LogP contribution in [0.4, 0.5) is 5.82 Å². The number of aromatic amines is 1. The first-order valence-corrected chi connectivity index (χ1v) is 6.32. The summed E-state index contributed by atoms with van der Waals surface area (Å²) >= 11 is 0. The van der Waals surface area contributed by atoms with Gasteiger partial charge in [-0.3, -0.25) is 4.79 Å². The molecule has 6 nitrogen and oxygen atoms in total. The molecule has 0 spiro atoms. The zero-order chi connectivity index (χ0) is 16.1. The average molecular weight is 292 g/mol. The van der Waals surface area contributed by atoms with E-state index in [1.54, 1.807) is 30.3 Å². The van der Waals surface area contributed by atoms with E-state index < -0.39 is 5.56 Å². The Morgan fingerprint density at radius 2 is 1.86 bits per heavy atom. The van der Waals surface area contributed by atoms with Gasteiger partial charge in [-0.15, -0.1) is 0 Å². The number of hydrogen-bond acceptors (Lipinski definition) is 5. The lowest BCUT2D eigenvalue weighted by Crippen LogP contribution is -2.16. The van der Waals surface area contributed by atoms with Crippen molar-refractivity contribution < 1.29 is 4.74 Å². The Kier molecular flexibility index (Phi) is 4.26. The number of nitriles is 2. The molecule has 1 heterocycles. The molecule has 0 aliphatic rings. The summed E-state index contributed by atoms with van der Waals surface area (Å²) in [5.41, 5.74) is 5.72. The monoisotopic (exact) mass is 292 g/mol. The number of H-pyrrole nitrogens is 1. The van der Waals surface area contributed by atoms with Gasteiger partial charge in [0.25, 0.3) is 5.56 Å². The second-order valence-electron chi connectivity index (χ2n) is 4.34. The largest absolute Gasteiger partial charge is 0.490 e. The number of nitrogens with two attached hydrogens (primary N) is 1. The van der Waals surface area contributed by atoms with E-state index in [0.29, 0.717) is 17.9 Å². The standard InChI is InChI=1S/C16H12N4O2/c1-2-7-22-11-5-3-10(4-6-11)14-12(8-17)15(19)20-16(21)13(14)9-18/h2-6H,1,7H2,(H3,19,20,21). The summed E-state index contributed by atoms with van der Waals surface area (Å²) in [6.45, 7) is 3.92. The lowest BCUT2D eigenvalue weighted by atomic mass is 9.97. The fourth-order valence-electron chi connectivity index (χ4n) is 2.00. The maximum Gasteiger partial charge on any atom is 0.268 e. The third kappa shape index (κ3) is 2.67. The third-order valence-corrected chi connectivity index (χ3v) is 2.98. The third-order valence-electron chi connectivity index (χ3n) is 2.98. The molecule has 0 saturated carbocycles. The predicted molar refractivity (Wildman–Crippen MR) is 82.0 cm³/mol. The van der Waals surface area contributed by atoms with Gasteiger partial charge in [-0.1, -0.05) is 24.8 Å². The Morgan fingerprint density at radius 3 is 2.41 bits per heavy atom. The van der Waals surface area contributed by atoms with E-state index in [-0.39, 0.29) is 22.5 Å². The van der Waals surface area contributed by atoms with Crippen LogP contribution in [0.25, 0.3) is 11.1 Å². The molecular weight excluding hydrogens is 280 g/mol. The van der Waals surface area contributed by atoms with Gasteiger partial charge in [0.2, 0.25) is 0 Å². The molecule has 0 amide bonds. The van der Waals surface area contributed by atoms with Gasteiger partial charge >= 0.3 is 0 Å². The van der Waals surface area contributed by atoms with Gasteiger partial charge in [0.1, 0.15) is 41.4 Å². The number of nitrogen functional groups attached to an aromatic ring is 1. The zero-order valence-electron chi connectivity index (χ0n) is 11.6. The summed E-state index contributed by atoms with van der Waals surface area (Å²) in [4.78, 5) is 14.1. The van der Waals surface area contributed by atoms with Crippen molar-refractivity contribution in [1.29, 1.82) is 10.5 Å². The Hall–Kier alpha value is -3.51. The molecule has 3 N–H and O–H groups in total. The van der Waals surface area contributed by atoms with E-state index in [2.05, 4.69) is 11.6 Å². The summed E-state index contributed by atoms with van der Waals surface area (Å²) in [5.74, 6) is 0.548. The number of pyridine rings is 1. The lowest BCUT2D eigenvalue weighted by molar-refractivity contribution is 0.363. The van der Waals surface area contributed by atoms with Crippen molar-refractivity contribution >= 4 is 5.82 Å². The Balaban J connectivity index is 2.62. The molecule has 0 aliphatic heterocycles. The summed E-state index contributed by atoms with van der Waals surface area (Å²) in [5, 5.41) is 18.4. The van der Waals surface area contributed by atoms with Crippen LogP contribution in [0.3, 0.4) is 0 Å². The highest BCUT2D eigenvalue weighted by Gasteiger charge is 2.17. The van der Waals surface area contributed by atoms with Crippen LogP contribution in [-0.2, 0) is 0 Å². The van der Waals surface area contributed by atoms with Crippen molar-refractivity contribution in [2.24, 2.45) is 0 Å². The van der Waals surface area contributed by atoms with Gasteiger partial charge in [-0.25, -0.2) is 0 Å². The Labute approximate surface area is 126 Å². The number of hydrogen-bond donors (Lipinski definition) is 2. The summed E-state index contributed by atoms with van der Waals surface area (Å²) in [6.07, 6.45) is 1.62. The highest BCUT2D eigenvalue weighted by Crippen LogP contribution is 2.29. The molecule has 0 aliphatic carbocycles. The summed E-state index contributed by atoms with van der Waals surface area (Å²) in [7, 11) is 0. The molecule has 0 bridgehead atoms. The molecule has 2 rings (SSSR count). The van der Waals surface area contributed by atoms with Crippen molar-refractivity contribution in [3.63, 3.8) is 0 Å². The lowest BCUT2D eigenvalue weighted by Gasteiger charge is -2.09. The minimum absolute atomic E-state index is 0.0616. The number of rotatable bonds is 4. The quantitative estimate of drug-likeness (QED) is 0.835. The van der Waals surface area contributed by atoms with Crippen molar-refractivity contribution in [3.05, 3.63) is 58.4 Å². The minimum Gasteiger partial charge on any atom is -0.490 e. The molecule has 6 heteroatoms. The molecule has 108 valence electrons. The van der Waals surface area contributed by atoms with Crippen molar-refractivity contribution in [2.45, 2.75) is 0 Å². The minimum atomic E-state index is -0.624. The number of aromatic nitrogens is 1. The SMILES string of the molecule is C=CCOc1ccc(-c2c(C#N)c(N)[nH]c(=O)c2C#N)cc1. The predicted octanol–water partition coefficient (Wildman–Crippen LogP) is 1.93. The van der Waals surface area contributed by atoms with E-state index in [0.717, 1.165) is 0 Å². The molecule has 22 heavy (non-hydrogen) atoms. The highest BCUT2D eigenvalue weighted by atomic mass is 16.5. The maximum atomic E-state index is 11.8. The van der Waals surface area contributed by atoms with Crippen LogP contribution in [0.5, 0.6) is 5.75 Å². The molecule has 0 unspecified atom stereocenters. The molecule has 0 radical (unpaired) electrons. The van der Waals surface area contributed by atoms with E-state index in [9.17, 15) is 15.3 Å². The van der Waals surface area contributed by atoms with Crippen LogP contribution in [0.1, 0.15) is 11.1 Å². The van der Waals surface area contributed by atoms with Crippen molar-refractivity contribution in [3.8, 4) is 29.0 Å². The molecule has 1 aromatic carbocycles. The number of benzene rings is 1. The van der Waals surface area contributed by atoms with Crippen LogP contribution in [0, 0.1) is 22.7 Å². The fraction of sp³-hybridized carbons (Fsp3) is 0.0625. The van der Waals surface area contributed by atoms with Gasteiger partial charge in [0.15, 0.2) is 0 Å². The van der Waals surface area contributed by atoms with E-state index in [4.69, 9.17) is 10.5 Å². The van der Waals surface area contributed by atoms with Gasteiger partial charge < -0.3 is 15.5 Å². The van der Waals surface area contributed by atoms with E-state index in [1.165, 1.54) is 0 Å². The molecule has 0 atom stereocenters.